The molecule has 1 aromatic carbocycles. The van der Waals surface area contributed by atoms with Crippen molar-refractivity contribution in [2.75, 3.05) is 18.5 Å². The molecule has 0 unspecified atom stereocenters. The van der Waals surface area contributed by atoms with Crippen LogP contribution in [0.3, 0.4) is 0 Å². The van der Waals surface area contributed by atoms with Crippen LogP contribution >= 0.6 is 15.9 Å². The van der Waals surface area contributed by atoms with Gasteiger partial charge in [-0.25, -0.2) is 0 Å². The van der Waals surface area contributed by atoms with Crippen LogP contribution in [0.15, 0.2) is 30.9 Å². The molecule has 0 saturated carbocycles. The molecule has 4 heteroatoms. The predicted molar refractivity (Wildman–Crippen MR) is 89.5 cm³/mol. The first-order chi connectivity index (χ1) is 10.2. The molecule has 0 bridgehead atoms. The number of ether oxygens (including phenoxy) is 1. The van der Waals surface area contributed by atoms with Crippen molar-refractivity contribution < 1.29 is 14.6 Å². The summed E-state index contributed by atoms with van der Waals surface area (Å²) in [5, 5.41) is 9.97. The third kappa shape index (κ3) is 6.44. The number of allylic oxidation sites excluding steroid dienone is 1. The summed E-state index contributed by atoms with van der Waals surface area (Å²) in [5.41, 5.74) is 1.45. The summed E-state index contributed by atoms with van der Waals surface area (Å²) in [6.45, 7) is 3.94. The van der Waals surface area contributed by atoms with Crippen LogP contribution in [0.1, 0.15) is 41.6 Å². The molecule has 3 nitrogen and oxygen atoms in total. The van der Waals surface area contributed by atoms with Crippen LogP contribution in [-0.4, -0.2) is 29.4 Å². The maximum atomic E-state index is 11.5. The molecule has 21 heavy (non-hydrogen) atoms. The maximum Gasteiger partial charge on any atom is 0.188 e. The molecule has 0 heterocycles. The molecule has 0 amide bonds. The lowest BCUT2D eigenvalue weighted by molar-refractivity contribution is 0.0903. The monoisotopic (exact) mass is 354 g/mol. The number of aliphatic hydroxyl groups excluding tert-OH is 1. The molecule has 0 spiro atoms. The Kier molecular flexibility index (Phi) is 9.02. The fraction of sp³-hybridized carbons (Fsp3) is 0.471. The standard InChI is InChI=1S/C17H23BrO3/c1-2-7-15-12-14(16(20)13-19)8-9-17(15)21-11-6-4-3-5-10-18/h2,8-9,12,19H,1,3-7,10-11,13H2. The highest BCUT2D eigenvalue weighted by Crippen LogP contribution is 2.22. The summed E-state index contributed by atoms with van der Waals surface area (Å²) in [6, 6.07) is 5.28. The molecule has 0 aliphatic rings. The highest BCUT2D eigenvalue weighted by Gasteiger charge is 2.09. The van der Waals surface area contributed by atoms with E-state index in [-0.39, 0.29) is 5.78 Å². The molecular weight excluding hydrogens is 332 g/mol. The number of ketones is 1. The van der Waals surface area contributed by atoms with Crippen molar-refractivity contribution in [3.05, 3.63) is 42.0 Å². The maximum absolute atomic E-state index is 11.5. The second-order valence-electron chi connectivity index (χ2n) is 4.85. The minimum Gasteiger partial charge on any atom is -0.493 e. The molecule has 1 rings (SSSR count). The number of Topliss-reactive ketones (excluding diaryl/α,β-unsaturated/α-hetero) is 1. The fourth-order valence-corrected chi connectivity index (χ4v) is 2.43. The Labute approximate surface area is 135 Å². The minimum atomic E-state index is -0.471. The van der Waals surface area contributed by atoms with Gasteiger partial charge in [-0.05, 0) is 43.0 Å². The molecule has 0 radical (unpaired) electrons. The van der Waals surface area contributed by atoms with Crippen molar-refractivity contribution in [1.82, 2.24) is 0 Å². The average Bonchev–Trinajstić information content (AvgIpc) is 2.51. The molecule has 0 saturated heterocycles. The van der Waals surface area contributed by atoms with Crippen molar-refractivity contribution in [2.24, 2.45) is 0 Å². The summed E-state index contributed by atoms with van der Waals surface area (Å²) >= 11 is 3.42. The van der Waals surface area contributed by atoms with E-state index in [1.54, 1.807) is 24.3 Å². The van der Waals surface area contributed by atoms with E-state index in [1.165, 1.54) is 12.8 Å². The Morgan fingerprint density at radius 2 is 2.05 bits per heavy atom. The summed E-state index contributed by atoms with van der Waals surface area (Å²) in [4.78, 5) is 11.5. The van der Waals surface area contributed by atoms with Gasteiger partial charge in [0.1, 0.15) is 12.4 Å². The number of carbonyl (C=O) groups excluding carboxylic acids is 1. The number of rotatable bonds is 11. The molecule has 1 N–H and O–H groups in total. The number of alkyl halides is 1. The fourth-order valence-electron chi connectivity index (χ4n) is 2.03. The van der Waals surface area contributed by atoms with Gasteiger partial charge in [-0.2, -0.15) is 0 Å². The van der Waals surface area contributed by atoms with Gasteiger partial charge in [0, 0.05) is 10.9 Å². The Hall–Kier alpha value is -1.13. The molecule has 0 aromatic heterocycles. The quantitative estimate of drug-likeness (QED) is 0.283. The van der Waals surface area contributed by atoms with Gasteiger partial charge in [-0.15, -0.1) is 6.58 Å². The van der Waals surface area contributed by atoms with Gasteiger partial charge >= 0.3 is 0 Å². The zero-order valence-electron chi connectivity index (χ0n) is 12.3. The van der Waals surface area contributed by atoms with Crippen molar-refractivity contribution in [1.29, 1.82) is 0 Å². The van der Waals surface area contributed by atoms with Gasteiger partial charge in [0.05, 0.1) is 6.61 Å². The van der Waals surface area contributed by atoms with Crippen molar-refractivity contribution in [2.45, 2.75) is 32.1 Å². The average molecular weight is 355 g/mol. The highest BCUT2D eigenvalue weighted by molar-refractivity contribution is 9.09. The van der Waals surface area contributed by atoms with Crippen molar-refractivity contribution >= 4 is 21.7 Å². The van der Waals surface area contributed by atoms with Crippen LogP contribution in [0.5, 0.6) is 5.75 Å². The van der Waals surface area contributed by atoms with Crippen LogP contribution in [0, 0.1) is 0 Å². The lowest BCUT2D eigenvalue weighted by atomic mass is 10.0. The van der Waals surface area contributed by atoms with Crippen LogP contribution < -0.4 is 4.74 Å². The van der Waals surface area contributed by atoms with E-state index in [2.05, 4.69) is 22.5 Å². The Morgan fingerprint density at radius 3 is 2.71 bits per heavy atom. The van der Waals surface area contributed by atoms with E-state index in [1.807, 2.05) is 0 Å². The first-order valence-electron chi connectivity index (χ1n) is 7.29. The molecule has 0 fully saturated rings. The Morgan fingerprint density at radius 1 is 1.29 bits per heavy atom. The second-order valence-corrected chi connectivity index (χ2v) is 5.64. The zero-order valence-corrected chi connectivity index (χ0v) is 13.9. The van der Waals surface area contributed by atoms with E-state index in [9.17, 15) is 4.79 Å². The number of carbonyl (C=O) groups is 1. The van der Waals surface area contributed by atoms with Crippen molar-refractivity contribution in [3.63, 3.8) is 0 Å². The van der Waals surface area contributed by atoms with Crippen LogP contribution in [-0.2, 0) is 6.42 Å². The normalized spacial score (nSPS) is 10.4. The van der Waals surface area contributed by atoms with E-state index in [0.29, 0.717) is 18.6 Å². The number of halogens is 1. The van der Waals surface area contributed by atoms with Gasteiger partial charge in [0.25, 0.3) is 0 Å². The summed E-state index contributed by atoms with van der Waals surface area (Å²) in [5.74, 6) is 0.520. The van der Waals surface area contributed by atoms with Crippen molar-refractivity contribution in [3.8, 4) is 5.75 Å². The summed E-state index contributed by atoms with van der Waals surface area (Å²) in [7, 11) is 0. The molecule has 116 valence electrons. The van der Waals surface area contributed by atoms with Gasteiger partial charge < -0.3 is 9.84 Å². The first kappa shape index (κ1) is 17.9. The lowest BCUT2D eigenvalue weighted by Crippen LogP contribution is -2.06. The number of unbranched alkanes of at least 4 members (excludes halogenated alkanes) is 3. The molecular formula is C17H23BrO3. The molecule has 0 aliphatic heterocycles. The first-order valence-corrected chi connectivity index (χ1v) is 8.41. The second kappa shape index (κ2) is 10.6. The molecule has 1 aromatic rings. The van der Waals surface area contributed by atoms with Gasteiger partial charge in [0.2, 0.25) is 0 Å². The molecule has 0 aliphatic carbocycles. The van der Waals surface area contributed by atoms with E-state index >= 15 is 0 Å². The third-order valence-corrected chi connectivity index (χ3v) is 3.74. The highest BCUT2D eigenvalue weighted by atomic mass is 79.9. The SMILES string of the molecule is C=CCc1cc(C(=O)CO)ccc1OCCCCCCBr. The third-order valence-electron chi connectivity index (χ3n) is 3.18. The van der Waals surface area contributed by atoms with Crippen LogP contribution in [0.4, 0.5) is 0 Å². The Balaban J connectivity index is 2.59. The number of hydrogen-bond donors (Lipinski definition) is 1. The Bertz CT molecular complexity index is 457. The van der Waals surface area contributed by atoms with Crippen LogP contribution in [0.25, 0.3) is 0 Å². The largest absolute Gasteiger partial charge is 0.493 e. The smallest absolute Gasteiger partial charge is 0.188 e. The van der Waals surface area contributed by atoms with E-state index in [4.69, 9.17) is 9.84 Å². The zero-order chi connectivity index (χ0) is 15.5. The lowest BCUT2D eigenvalue weighted by Gasteiger charge is -2.12. The topological polar surface area (TPSA) is 46.5 Å². The number of hydrogen-bond acceptors (Lipinski definition) is 3. The predicted octanol–water partition coefficient (Wildman–Crippen LogP) is 3.92. The summed E-state index contributed by atoms with van der Waals surface area (Å²) in [6.07, 6.45) is 7.01. The number of aliphatic hydroxyl groups is 1. The van der Waals surface area contributed by atoms with E-state index < -0.39 is 6.61 Å². The summed E-state index contributed by atoms with van der Waals surface area (Å²) < 4.78 is 5.80. The van der Waals surface area contributed by atoms with Crippen LogP contribution in [0.2, 0.25) is 0 Å². The van der Waals surface area contributed by atoms with E-state index in [0.717, 1.165) is 29.5 Å². The molecule has 0 atom stereocenters. The van der Waals surface area contributed by atoms with Gasteiger partial charge in [-0.3, -0.25) is 4.79 Å². The minimum absolute atomic E-state index is 0.276. The number of benzene rings is 1. The van der Waals surface area contributed by atoms with Gasteiger partial charge in [-0.1, -0.05) is 34.8 Å². The van der Waals surface area contributed by atoms with Gasteiger partial charge in [0.15, 0.2) is 5.78 Å².